The molecule has 1 aliphatic carbocycles. The first kappa shape index (κ1) is 7.32. The molecule has 2 nitrogen and oxygen atoms in total. The highest BCUT2D eigenvalue weighted by molar-refractivity contribution is 5.23. The minimum Gasteiger partial charge on any atom is -0.376 e. The highest BCUT2D eigenvalue weighted by atomic mass is 16.5. The van der Waals surface area contributed by atoms with E-state index in [1.807, 2.05) is 0 Å². The van der Waals surface area contributed by atoms with Crippen LogP contribution in [0.1, 0.15) is 13.3 Å². The molecule has 4 atom stereocenters. The van der Waals surface area contributed by atoms with Crippen molar-refractivity contribution in [2.75, 3.05) is 14.2 Å². The molecule has 0 bridgehead atoms. The lowest BCUT2D eigenvalue weighted by molar-refractivity contribution is 0.127. The normalized spacial score (nSPS) is 48.1. The van der Waals surface area contributed by atoms with E-state index in [1.165, 1.54) is 12.0 Å². The highest BCUT2D eigenvalue weighted by Crippen LogP contribution is 2.39. The van der Waals surface area contributed by atoms with E-state index in [4.69, 9.17) is 4.74 Å². The topological polar surface area (TPSA) is 12.2 Å². The van der Waals surface area contributed by atoms with Gasteiger partial charge in [0.25, 0.3) is 0 Å². The fraction of sp³-hybridized carbons (Fsp3) is 0.778. The minimum atomic E-state index is 0.346. The molecule has 0 saturated carbocycles. The molecule has 1 fully saturated rings. The lowest BCUT2D eigenvalue weighted by Gasteiger charge is -2.15. The number of nitrogens with zero attached hydrogens (tertiary/aromatic N) is 1. The molecule has 0 N–H and O–H groups in total. The molecular formula is C9H15NO. The Morgan fingerprint density at radius 1 is 1.64 bits per heavy atom. The summed E-state index contributed by atoms with van der Waals surface area (Å²) in [6.07, 6.45) is 3.84. The number of hydrogen-bond acceptors (Lipinski definition) is 2. The van der Waals surface area contributed by atoms with Gasteiger partial charge in [-0.25, -0.2) is 0 Å². The van der Waals surface area contributed by atoms with Crippen LogP contribution in [0.2, 0.25) is 0 Å². The minimum absolute atomic E-state index is 0.346. The van der Waals surface area contributed by atoms with Crippen LogP contribution >= 0.6 is 0 Å². The number of ether oxygens (including phenoxy) is 1. The number of fused-ring (bicyclic) bond motifs is 1. The molecule has 1 heterocycles. The van der Waals surface area contributed by atoms with Gasteiger partial charge in [-0.2, -0.15) is 0 Å². The van der Waals surface area contributed by atoms with Crippen molar-refractivity contribution in [1.82, 2.24) is 4.90 Å². The van der Waals surface area contributed by atoms with E-state index in [2.05, 4.69) is 24.9 Å². The van der Waals surface area contributed by atoms with E-state index < -0.39 is 0 Å². The van der Waals surface area contributed by atoms with Gasteiger partial charge in [-0.1, -0.05) is 11.6 Å². The molecule has 62 valence electrons. The third kappa shape index (κ3) is 1.01. The molecule has 0 aromatic carbocycles. The molecule has 0 aromatic rings. The van der Waals surface area contributed by atoms with Crippen molar-refractivity contribution in [3.8, 4) is 0 Å². The summed E-state index contributed by atoms with van der Waals surface area (Å²) in [4.78, 5) is 2.39. The Morgan fingerprint density at radius 2 is 2.36 bits per heavy atom. The van der Waals surface area contributed by atoms with Gasteiger partial charge in [0, 0.05) is 13.2 Å². The van der Waals surface area contributed by atoms with Gasteiger partial charge in [-0.3, -0.25) is 4.90 Å². The maximum atomic E-state index is 5.37. The molecule has 1 aliphatic heterocycles. The Kier molecular flexibility index (Phi) is 1.55. The van der Waals surface area contributed by atoms with Gasteiger partial charge in [-0.15, -0.1) is 0 Å². The van der Waals surface area contributed by atoms with Gasteiger partial charge in [0.05, 0.1) is 12.1 Å². The molecular weight excluding hydrogens is 138 g/mol. The first-order chi connectivity index (χ1) is 5.24. The average Bonchev–Trinajstić information content (AvgIpc) is 2.61. The largest absolute Gasteiger partial charge is 0.376 e. The van der Waals surface area contributed by atoms with E-state index in [1.54, 1.807) is 7.11 Å². The Labute approximate surface area is 67.8 Å². The molecule has 2 aliphatic rings. The standard InChI is InChI=1S/C9H15NO/c1-6-4-7-9(10(7)2)8(5-6)11-3/h5,7-9H,4H2,1-3H3. The fourth-order valence-corrected chi connectivity index (χ4v) is 2.13. The van der Waals surface area contributed by atoms with E-state index in [0.717, 1.165) is 6.04 Å². The zero-order chi connectivity index (χ0) is 8.01. The third-order valence-corrected chi connectivity index (χ3v) is 2.89. The smallest absolute Gasteiger partial charge is 0.0925 e. The van der Waals surface area contributed by atoms with Crippen LogP contribution in [0.25, 0.3) is 0 Å². The van der Waals surface area contributed by atoms with Crippen LogP contribution in [0.15, 0.2) is 11.6 Å². The monoisotopic (exact) mass is 153 g/mol. The van der Waals surface area contributed by atoms with Crippen molar-refractivity contribution < 1.29 is 4.74 Å². The molecule has 0 amide bonds. The van der Waals surface area contributed by atoms with Crippen LogP contribution < -0.4 is 0 Å². The lowest BCUT2D eigenvalue weighted by Crippen LogP contribution is -2.22. The molecule has 0 radical (unpaired) electrons. The van der Waals surface area contributed by atoms with E-state index in [-0.39, 0.29) is 0 Å². The summed E-state index contributed by atoms with van der Waals surface area (Å²) < 4.78 is 5.37. The summed E-state index contributed by atoms with van der Waals surface area (Å²) in [6, 6.07) is 1.44. The number of likely N-dealkylation sites (N-methyl/N-ethyl adjacent to an activating group) is 1. The predicted molar refractivity (Wildman–Crippen MR) is 44.5 cm³/mol. The summed E-state index contributed by atoms with van der Waals surface area (Å²) >= 11 is 0. The van der Waals surface area contributed by atoms with Crippen molar-refractivity contribution >= 4 is 0 Å². The van der Waals surface area contributed by atoms with Crippen LogP contribution in [-0.4, -0.2) is 37.2 Å². The Morgan fingerprint density at radius 3 is 3.00 bits per heavy atom. The maximum absolute atomic E-state index is 5.37. The number of hydrogen-bond donors (Lipinski definition) is 0. The third-order valence-electron chi connectivity index (χ3n) is 2.89. The van der Waals surface area contributed by atoms with Crippen molar-refractivity contribution in [1.29, 1.82) is 0 Å². The van der Waals surface area contributed by atoms with Gasteiger partial charge in [0.2, 0.25) is 0 Å². The zero-order valence-corrected chi connectivity index (χ0v) is 7.37. The van der Waals surface area contributed by atoms with Gasteiger partial charge in [-0.05, 0) is 20.4 Å². The number of rotatable bonds is 1. The maximum Gasteiger partial charge on any atom is 0.0925 e. The Hall–Kier alpha value is -0.340. The van der Waals surface area contributed by atoms with Gasteiger partial charge in [0.15, 0.2) is 0 Å². The summed E-state index contributed by atoms with van der Waals surface area (Å²) in [6.45, 7) is 2.19. The zero-order valence-electron chi connectivity index (χ0n) is 7.37. The molecule has 1 saturated heterocycles. The average molecular weight is 153 g/mol. The molecule has 2 rings (SSSR count). The SMILES string of the molecule is COC1C=C(C)CC2C1N2C. The Bertz CT molecular complexity index is 200. The molecule has 0 aromatic heterocycles. The van der Waals surface area contributed by atoms with E-state index >= 15 is 0 Å². The first-order valence-electron chi connectivity index (χ1n) is 4.16. The molecule has 4 unspecified atom stereocenters. The second-order valence-electron chi connectivity index (χ2n) is 3.64. The van der Waals surface area contributed by atoms with Crippen LogP contribution in [0, 0.1) is 0 Å². The van der Waals surface area contributed by atoms with Crippen molar-refractivity contribution in [2.24, 2.45) is 0 Å². The molecule has 0 spiro atoms. The van der Waals surface area contributed by atoms with Gasteiger partial charge >= 0.3 is 0 Å². The molecule has 2 heteroatoms. The lowest BCUT2D eigenvalue weighted by atomic mass is 9.99. The van der Waals surface area contributed by atoms with Crippen LogP contribution in [-0.2, 0) is 4.74 Å². The van der Waals surface area contributed by atoms with E-state index in [9.17, 15) is 0 Å². The first-order valence-corrected chi connectivity index (χ1v) is 4.16. The van der Waals surface area contributed by atoms with Crippen molar-refractivity contribution in [2.45, 2.75) is 31.5 Å². The second kappa shape index (κ2) is 2.32. The van der Waals surface area contributed by atoms with E-state index in [0.29, 0.717) is 12.1 Å². The summed E-state index contributed by atoms with van der Waals surface area (Å²) in [5, 5.41) is 0. The van der Waals surface area contributed by atoms with Gasteiger partial charge < -0.3 is 4.74 Å². The van der Waals surface area contributed by atoms with Crippen LogP contribution in [0.5, 0.6) is 0 Å². The number of methoxy groups -OCH3 is 1. The second-order valence-corrected chi connectivity index (χ2v) is 3.64. The fourth-order valence-electron chi connectivity index (χ4n) is 2.13. The van der Waals surface area contributed by atoms with Crippen LogP contribution in [0.4, 0.5) is 0 Å². The molecule has 11 heavy (non-hydrogen) atoms. The van der Waals surface area contributed by atoms with Crippen LogP contribution in [0.3, 0.4) is 0 Å². The highest BCUT2D eigenvalue weighted by Gasteiger charge is 2.50. The summed E-state index contributed by atoms with van der Waals surface area (Å²) in [7, 11) is 3.97. The summed E-state index contributed by atoms with van der Waals surface area (Å²) in [5.41, 5.74) is 1.47. The van der Waals surface area contributed by atoms with Crippen molar-refractivity contribution in [3.05, 3.63) is 11.6 Å². The van der Waals surface area contributed by atoms with Crippen molar-refractivity contribution in [3.63, 3.8) is 0 Å². The Balaban J connectivity index is 2.13. The predicted octanol–water partition coefficient (Wildman–Crippen LogP) is 1.03. The van der Waals surface area contributed by atoms with Gasteiger partial charge in [0.1, 0.15) is 0 Å². The summed E-state index contributed by atoms with van der Waals surface area (Å²) in [5.74, 6) is 0. The quantitative estimate of drug-likeness (QED) is 0.412.